The molecule has 2 rings (SSSR count). The molecule has 2 heterocycles. The van der Waals surface area contributed by atoms with Gasteiger partial charge in [-0.25, -0.2) is 4.98 Å². The number of azide groups is 1. The number of aliphatic hydroxyl groups is 3. The average molecular weight is 523 g/mol. The molecule has 1 unspecified atom stereocenters. The number of ether oxygens (including phenoxy) is 1. The van der Waals surface area contributed by atoms with E-state index in [0.717, 1.165) is 30.5 Å². The molecule has 0 spiro atoms. The van der Waals surface area contributed by atoms with Crippen molar-refractivity contribution in [3.05, 3.63) is 32.1 Å². The van der Waals surface area contributed by atoms with Crippen molar-refractivity contribution < 1.29 is 24.9 Å². The molecule has 3 N–H and O–H groups in total. The SMILES string of the molecule is CC(=Cc1csc(CO)n1)C(C[C@@H]1O[C@]1(C)CCC[C@H](C)[C@H](O)[C@@H](C)C(=O)C(C)(C)[C@H](C)O)N=[N+]=[N-]. The monoisotopic (exact) mass is 522 g/mol. The number of aliphatic hydroxyl groups excluding tert-OH is 3. The summed E-state index contributed by atoms with van der Waals surface area (Å²) < 4.78 is 6.00. The summed E-state index contributed by atoms with van der Waals surface area (Å²) in [5.41, 5.74) is 9.46. The summed E-state index contributed by atoms with van der Waals surface area (Å²) in [5, 5.41) is 36.4. The lowest BCUT2D eigenvalue weighted by molar-refractivity contribution is -0.140. The average Bonchev–Trinajstić information content (AvgIpc) is 3.23. The summed E-state index contributed by atoms with van der Waals surface area (Å²) in [6.45, 7) is 12.6. The van der Waals surface area contributed by atoms with Gasteiger partial charge in [0, 0.05) is 21.6 Å². The first-order valence-corrected chi connectivity index (χ1v) is 13.5. The Morgan fingerprint density at radius 1 is 1.39 bits per heavy atom. The van der Waals surface area contributed by atoms with E-state index in [9.17, 15) is 20.1 Å². The molecule has 36 heavy (non-hydrogen) atoms. The van der Waals surface area contributed by atoms with Crippen LogP contribution in [0.1, 0.15) is 84.9 Å². The Morgan fingerprint density at radius 3 is 2.61 bits per heavy atom. The largest absolute Gasteiger partial charge is 0.392 e. The number of hydrogen-bond donors (Lipinski definition) is 3. The summed E-state index contributed by atoms with van der Waals surface area (Å²) in [6.07, 6.45) is 3.22. The zero-order valence-corrected chi connectivity index (χ0v) is 23.3. The van der Waals surface area contributed by atoms with E-state index >= 15 is 0 Å². The molecule has 0 radical (unpaired) electrons. The lowest BCUT2D eigenvalue weighted by Crippen LogP contribution is -2.43. The number of thiazole rings is 1. The van der Waals surface area contributed by atoms with Crippen molar-refractivity contribution in [2.75, 3.05) is 0 Å². The van der Waals surface area contributed by atoms with Crippen molar-refractivity contribution in [3.63, 3.8) is 0 Å². The van der Waals surface area contributed by atoms with E-state index in [1.165, 1.54) is 11.3 Å². The molecular formula is C26H42N4O5S. The van der Waals surface area contributed by atoms with Gasteiger partial charge in [-0.3, -0.25) is 4.79 Å². The second-order valence-corrected chi connectivity index (χ2v) is 11.9. The molecule has 0 saturated carbocycles. The van der Waals surface area contributed by atoms with Crippen LogP contribution < -0.4 is 0 Å². The maximum absolute atomic E-state index is 12.8. The molecule has 0 aliphatic carbocycles. The van der Waals surface area contributed by atoms with Gasteiger partial charge in [0.15, 0.2) is 0 Å². The quantitative estimate of drug-likeness (QED) is 0.127. The maximum atomic E-state index is 12.8. The van der Waals surface area contributed by atoms with Crippen LogP contribution in [0.3, 0.4) is 0 Å². The highest BCUT2D eigenvalue weighted by atomic mass is 32.1. The predicted octanol–water partition coefficient (Wildman–Crippen LogP) is 5.04. The van der Waals surface area contributed by atoms with Crippen LogP contribution in [-0.2, 0) is 16.1 Å². The van der Waals surface area contributed by atoms with Crippen LogP contribution >= 0.6 is 11.3 Å². The highest BCUT2D eigenvalue weighted by Gasteiger charge is 2.52. The number of aromatic nitrogens is 1. The van der Waals surface area contributed by atoms with E-state index in [0.29, 0.717) is 11.4 Å². The number of Topliss-reactive ketones (excluding diaryl/α,β-unsaturated/α-hetero) is 1. The van der Waals surface area contributed by atoms with Gasteiger partial charge in [0.05, 0.1) is 42.3 Å². The Kier molecular flexibility index (Phi) is 10.7. The molecule has 202 valence electrons. The molecule has 10 heteroatoms. The third-order valence-electron chi connectivity index (χ3n) is 7.79. The second kappa shape index (κ2) is 12.6. The summed E-state index contributed by atoms with van der Waals surface area (Å²) in [6, 6.07) is -0.356. The third-order valence-corrected chi connectivity index (χ3v) is 8.64. The number of ketones is 1. The van der Waals surface area contributed by atoms with Gasteiger partial charge < -0.3 is 20.1 Å². The van der Waals surface area contributed by atoms with E-state index in [2.05, 4.69) is 21.9 Å². The molecular weight excluding hydrogens is 480 g/mol. The van der Waals surface area contributed by atoms with Crippen LogP contribution in [-0.4, -0.2) is 56.0 Å². The molecule has 1 fully saturated rings. The van der Waals surface area contributed by atoms with Crippen molar-refractivity contribution >= 4 is 23.2 Å². The summed E-state index contributed by atoms with van der Waals surface area (Å²) in [5.74, 6) is -0.764. The van der Waals surface area contributed by atoms with Crippen LogP contribution in [0.15, 0.2) is 16.1 Å². The molecule has 0 aromatic carbocycles. The molecule has 9 nitrogen and oxygen atoms in total. The van der Waals surface area contributed by atoms with E-state index in [1.54, 1.807) is 27.7 Å². The Labute approximate surface area is 218 Å². The molecule has 0 amide bonds. The van der Waals surface area contributed by atoms with E-state index in [4.69, 9.17) is 10.3 Å². The minimum absolute atomic E-state index is 0.0349. The lowest BCUT2D eigenvalue weighted by atomic mass is 9.74. The predicted molar refractivity (Wildman–Crippen MR) is 141 cm³/mol. The Bertz CT molecular complexity index is 971. The summed E-state index contributed by atoms with van der Waals surface area (Å²) >= 11 is 1.38. The van der Waals surface area contributed by atoms with Crippen LogP contribution in [0, 0.1) is 17.3 Å². The Morgan fingerprint density at radius 2 is 2.06 bits per heavy atom. The van der Waals surface area contributed by atoms with E-state index < -0.39 is 23.5 Å². The van der Waals surface area contributed by atoms with E-state index in [1.807, 2.05) is 25.3 Å². The van der Waals surface area contributed by atoms with Gasteiger partial charge in [0.25, 0.3) is 0 Å². The standard InChI is InChI=1S/C26H42N4O5S/c1-15(23(33)17(3)24(34)25(5,6)18(4)32)9-8-10-26(7)21(35-26)12-20(29-30-27)16(2)11-19-14-36-22(13-31)28-19/h11,14-15,17-18,20-21,23,31-33H,8-10,12-13H2,1-7H3/t15-,17+,18-,20?,21-,23-,26+/m0/s1. The number of rotatable bonds is 15. The fraction of sp³-hybridized carbons (Fsp3) is 0.769. The van der Waals surface area contributed by atoms with Crippen LogP contribution in [0.5, 0.6) is 0 Å². The molecule has 0 bridgehead atoms. The van der Waals surface area contributed by atoms with Gasteiger partial charge >= 0.3 is 0 Å². The van der Waals surface area contributed by atoms with Gasteiger partial charge in [-0.2, -0.15) is 0 Å². The van der Waals surface area contributed by atoms with Gasteiger partial charge in [0.1, 0.15) is 10.8 Å². The molecule has 1 saturated heterocycles. The van der Waals surface area contributed by atoms with Crippen molar-refractivity contribution in [2.24, 2.45) is 22.4 Å². The minimum Gasteiger partial charge on any atom is -0.392 e. The number of carbonyl (C=O) groups excluding carboxylic acids is 1. The first-order chi connectivity index (χ1) is 16.8. The van der Waals surface area contributed by atoms with Crippen LogP contribution in [0.25, 0.3) is 16.5 Å². The third kappa shape index (κ3) is 7.60. The van der Waals surface area contributed by atoms with Crippen LogP contribution in [0.2, 0.25) is 0 Å². The topological polar surface area (TPSA) is 152 Å². The first-order valence-electron chi connectivity index (χ1n) is 12.6. The summed E-state index contributed by atoms with van der Waals surface area (Å²) in [4.78, 5) is 20.1. The normalized spacial score (nSPS) is 24.4. The van der Waals surface area contributed by atoms with E-state index in [-0.39, 0.29) is 36.1 Å². The second-order valence-electron chi connectivity index (χ2n) is 11.0. The minimum atomic E-state index is -0.904. The van der Waals surface area contributed by atoms with Gasteiger partial charge in [-0.15, -0.1) is 11.3 Å². The summed E-state index contributed by atoms with van der Waals surface area (Å²) in [7, 11) is 0. The highest BCUT2D eigenvalue weighted by molar-refractivity contribution is 7.09. The van der Waals surface area contributed by atoms with Crippen molar-refractivity contribution in [1.82, 2.24) is 4.98 Å². The number of hydrogen-bond acceptors (Lipinski definition) is 8. The molecule has 1 aliphatic rings. The number of nitrogens with zero attached hydrogens (tertiary/aromatic N) is 4. The zero-order chi connectivity index (χ0) is 27.3. The number of epoxide rings is 1. The Balaban J connectivity index is 1.88. The molecule has 1 aromatic rings. The van der Waals surface area contributed by atoms with Gasteiger partial charge in [-0.05, 0) is 57.6 Å². The molecule has 1 aliphatic heterocycles. The smallest absolute Gasteiger partial charge is 0.146 e. The zero-order valence-electron chi connectivity index (χ0n) is 22.5. The van der Waals surface area contributed by atoms with Gasteiger partial charge in [0.2, 0.25) is 0 Å². The number of carbonyl (C=O) groups is 1. The molecule has 7 atom stereocenters. The lowest BCUT2D eigenvalue weighted by Gasteiger charge is -2.33. The maximum Gasteiger partial charge on any atom is 0.146 e. The first kappa shape index (κ1) is 30.4. The Hall–Kier alpha value is -1.81. The molecule has 1 aromatic heterocycles. The fourth-order valence-corrected chi connectivity index (χ4v) is 5.19. The van der Waals surface area contributed by atoms with Crippen molar-refractivity contribution in [3.8, 4) is 0 Å². The highest BCUT2D eigenvalue weighted by Crippen LogP contribution is 2.44. The van der Waals surface area contributed by atoms with Gasteiger partial charge in [-0.1, -0.05) is 44.8 Å². The van der Waals surface area contributed by atoms with Crippen molar-refractivity contribution in [1.29, 1.82) is 0 Å². The van der Waals surface area contributed by atoms with Crippen LogP contribution in [0.4, 0.5) is 0 Å². The fourth-order valence-electron chi connectivity index (χ4n) is 4.58. The van der Waals surface area contributed by atoms with Crippen molar-refractivity contribution in [2.45, 2.75) is 111 Å².